The monoisotopic (exact) mass is 344 g/mol. The van der Waals surface area contributed by atoms with Crippen molar-refractivity contribution in [2.75, 3.05) is 0 Å². The molecule has 100 valence electrons. The van der Waals surface area contributed by atoms with Crippen molar-refractivity contribution in [3.05, 3.63) is 57.3 Å². The topological polar surface area (TPSA) is 29.5 Å². The van der Waals surface area contributed by atoms with E-state index in [0.717, 1.165) is 4.47 Å². The molecule has 0 saturated heterocycles. The molecule has 2 aromatic carbocycles. The van der Waals surface area contributed by atoms with E-state index in [9.17, 15) is 9.50 Å². The first-order valence-corrected chi connectivity index (χ1v) is 6.75. The minimum Gasteiger partial charge on any atom is -0.455 e. The quantitative estimate of drug-likeness (QED) is 0.840. The van der Waals surface area contributed by atoms with Crippen molar-refractivity contribution in [3.8, 4) is 11.5 Å². The van der Waals surface area contributed by atoms with Crippen LogP contribution in [0.4, 0.5) is 4.39 Å². The molecule has 5 heteroatoms. The highest BCUT2D eigenvalue weighted by atomic mass is 79.9. The Morgan fingerprint density at radius 1 is 1.21 bits per heavy atom. The Hall–Kier alpha value is -1.10. The van der Waals surface area contributed by atoms with Gasteiger partial charge in [0.15, 0.2) is 0 Å². The van der Waals surface area contributed by atoms with Crippen LogP contribution in [0.15, 0.2) is 40.9 Å². The van der Waals surface area contributed by atoms with Crippen LogP contribution in [0.1, 0.15) is 18.6 Å². The lowest BCUT2D eigenvalue weighted by Crippen LogP contribution is -1.96. The maximum absolute atomic E-state index is 13.0. The predicted molar refractivity (Wildman–Crippen MR) is 76.3 cm³/mol. The molecular formula is C14H11BrClFO2. The lowest BCUT2D eigenvalue weighted by Gasteiger charge is -2.14. The van der Waals surface area contributed by atoms with Crippen molar-refractivity contribution < 1.29 is 14.2 Å². The number of benzene rings is 2. The van der Waals surface area contributed by atoms with Gasteiger partial charge in [-0.1, -0.05) is 27.5 Å². The maximum atomic E-state index is 13.0. The second-order valence-corrected chi connectivity index (χ2v) is 5.36. The molecule has 2 nitrogen and oxygen atoms in total. The minimum atomic E-state index is -0.688. The van der Waals surface area contributed by atoms with E-state index in [4.69, 9.17) is 16.3 Å². The Morgan fingerprint density at radius 3 is 2.53 bits per heavy atom. The molecule has 0 fully saturated rings. The summed E-state index contributed by atoms with van der Waals surface area (Å²) in [5.74, 6) is 0.392. The molecule has 0 radical (unpaired) electrons. The van der Waals surface area contributed by atoms with E-state index >= 15 is 0 Å². The fourth-order valence-electron chi connectivity index (χ4n) is 1.62. The number of aliphatic hydroxyl groups excluding tert-OH is 1. The molecule has 0 aliphatic rings. The van der Waals surface area contributed by atoms with E-state index in [2.05, 4.69) is 15.9 Å². The summed E-state index contributed by atoms with van der Waals surface area (Å²) in [6.45, 7) is 1.64. The Balaban J connectivity index is 2.38. The van der Waals surface area contributed by atoms with Gasteiger partial charge in [-0.25, -0.2) is 4.39 Å². The van der Waals surface area contributed by atoms with Crippen molar-refractivity contribution in [1.82, 2.24) is 0 Å². The first-order chi connectivity index (χ1) is 8.97. The standard InChI is InChI=1S/C14H11BrClFO2/c1-8(18)11-6-9(15)2-4-13(11)19-14-5-3-10(17)7-12(14)16/h2-8,18H,1H3. The second kappa shape index (κ2) is 5.90. The highest BCUT2D eigenvalue weighted by Gasteiger charge is 2.12. The van der Waals surface area contributed by atoms with Crippen LogP contribution in [0, 0.1) is 5.82 Å². The maximum Gasteiger partial charge on any atom is 0.146 e. The van der Waals surface area contributed by atoms with Gasteiger partial charge >= 0.3 is 0 Å². The summed E-state index contributed by atoms with van der Waals surface area (Å²) in [4.78, 5) is 0. The zero-order valence-electron chi connectivity index (χ0n) is 10.0. The molecule has 0 aliphatic carbocycles. The fraction of sp³-hybridized carbons (Fsp3) is 0.143. The molecule has 0 aliphatic heterocycles. The molecule has 1 unspecified atom stereocenters. The molecule has 0 aromatic heterocycles. The average molecular weight is 346 g/mol. The van der Waals surface area contributed by atoms with Crippen LogP contribution in [0.3, 0.4) is 0 Å². The summed E-state index contributed by atoms with van der Waals surface area (Å²) in [5, 5.41) is 9.91. The molecule has 2 rings (SSSR count). The molecule has 19 heavy (non-hydrogen) atoms. The van der Waals surface area contributed by atoms with Gasteiger partial charge in [-0.05, 0) is 43.3 Å². The molecule has 0 bridgehead atoms. The van der Waals surface area contributed by atoms with E-state index in [1.807, 2.05) is 0 Å². The molecule has 0 amide bonds. The molecule has 1 N–H and O–H groups in total. The predicted octanol–water partition coefficient (Wildman–Crippen LogP) is 5.09. The average Bonchev–Trinajstić information content (AvgIpc) is 2.34. The summed E-state index contributed by atoms with van der Waals surface area (Å²) in [7, 11) is 0. The summed E-state index contributed by atoms with van der Waals surface area (Å²) >= 11 is 9.24. The molecule has 0 heterocycles. The third-order valence-electron chi connectivity index (χ3n) is 2.54. The first kappa shape index (κ1) is 14.3. The largest absolute Gasteiger partial charge is 0.455 e. The number of rotatable bonds is 3. The molecular weight excluding hydrogens is 335 g/mol. The Bertz CT molecular complexity index is 602. The summed E-state index contributed by atoms with van der Waals surface area (Å²) in [6.07, 6.45) is -0.688. The van der Waals surface area contributed by atoms with E-state index in [-0.39, 0.29) is 5.02 Å². The number of hydrogen-bond donors (Lipinski definition) is 1. The van der Waals surface area contributed by atoms with Crippen molar-refractivity contribution >= 4 is 27.5 Å². The third-order valence-corrected chi connectivity index (χ3v) is 3.32. The number of hydrogen-bond acceptors (Lipinski definition) is 2. The zero-order valence-corrected chi connectivity index (χ0v) is 12.4. The van der Waals surface area contributed by atoms with Crippen LogP contribution in [0.2, 0.25) is 5.02 Å². The second-order valence-electron chi connectivity index (χ2n) is 4.03. The Labute approximate surface area is 123 Å². The highest BCUT2D eigenvalue weighted by molar-refractivity contribution is 9.10. The third kappa shape index (κ3) is 3.47. The Kier molecular flexibility index (Phi) is 4.45. The molecule has 0 spiro atoms. The van der Waals surface area contributed by atoms with E-state index in [0.29, 0.717) is 17.1 Å². The van der Waals surface area contributed by atoms with Gasteiger partial charge in [0.05, 0.1) is 11.1 Å². The number of aliphatic hydroxyl groups is 1. The smallest absolute Gasteiger partial charge is 0.146 e. The van der Waals surface area contributed by atoms with Gasteiger partial charge < -0.3 is 9.84 Å². The fourth-order valence-corrected chi connectivity index (χ4v) is 2.20. The van der Waals surface area contributed by atoms with Crippen molar-refractivity contribution in [2.45, 2.75) is 13.0 Å². The van der Waals surface area contributed by atoms with Crippen molar-refractivity contribution in [1.29, 1.82) is 0 Å². The van der Waals surface area contributed by atoms with Crippen LogP contribution < -0.4 is 4.74 Å². The van der Waals surface area contributed by atoms with Gasteiger partial charge in [0.1, 0.15) is 17.3 Å². The molecule has 1 atom stereocenters. The highest BCUT2D eigenvalue weighted by Crippen LogP contribution is 2.35. The normalized spacial score (nSPS) is 12.3. The van der Waals surface area contributed by atoms with Gasteiger partial charge in [0.2, 0.25) is 0 Å². The lowest BCUT2D eigenvalue weighted by molar-refractivity contribution is 0.195. The molecule has 2 aromatic rings. The van der Waals surface area contributed by atoms with Gasteiger partial charge in [-0.15, -0.1) is 0 Å². The van der Waals surface area contributed by atoms with Crippen LogP contribution in [-0.2, 0) is 0 Å². The van der Waals surface area contributed by atoms with Crippen LogP contribution in [-0.4, -0.2) is 5.11 Å². The summed E-state index contributed by atoms with van der Waals surface area (Å²) < 4.78 is 19.4. The van der Waals surface area contributed by atoms with Gasteiger partial charge in [-0.3, -0.25) is 0 Å². The first-order valence-electron chi connectivity index (χ1n) is 5.58. The van der Waals surface area contributed by atoms with Crippen LogP contribution in [0.25, 0.3) is 0 Å². The van der Waals surface area contributed by atoms with Crippen molar-refractivity contribution in [3.63, 3.8) is 0 Å². The lowest BCUT2D eigenvalue weighted by atomic mass is 10.1. The minimum absolute atomic E-state index is 0.180. The van der Waals surface area contributed by atoms with Crippen molar-refractivity contribution in [2.24, 2.45) is 0 Å². The van der Waals surface area contributed by atoms with Crippen LogP contribution >= 0.6 is 27.5 Å². The molecule has 0 saturated carbocycles. The Morgan fingerprint density at radius 2 is 1.89 bits per heavy atom. The van der Waals surface area contributed by atoms with Gasteiger partial charge in [-0.2, -0.15) is 0 Å². The zero-order chi connectivity index (χ0) is 14.0. The number of ether oxygens (including phenoxy) is 1. The number of halogens is 3. The van der Waals surface area contributed by atoms with E-state index in [1.165, 1.54) is 18.2 Å². The van der Waals surface area contributed by atoms with E-state index < -0.39 is 11.9 Å². The van der Waals surface area contributed by atoms with Gasteiger partial charge in [0, 0.05) is 10.0 Å². The van der Waals surface area contributed by atoms with E-state index in [1.54, 1.807) is 25.1 Å². The summed E-state index contributed by atoms with van der Waals surface area (Å²) in [6, 6.07) is 9.16. The SMILES string of the molecule is CC(O)c1cc(Br)ccc1Oc1ccc(F)cc1Cl. The summed E-state index contributed by atoms with van der Waals surface area (Å²) in [5.41, 5.74) is 0.620. The van der Waals surface area contributed by atoms with Gasteiger partial charge in [0.25, 0.3) is 0 Å². The van der Waals surface area contributed by atoms with Crippen LogP contribution in [0.5, 0.6) is 11.5 Å².